The highest BCUT2D eigenvalue weighted by Gasteiger charge is 2.29. The highest BCUT2D eigenvalue weighted by molar-refractivity contribution is 7.90. The fraction of sp³-hybridized carbons (Fsp3) is 0.308. The van der Waals surface area contributed by atoms with Gasteiger partial charge < -0.3 is 0 Å². The SMILES string of the molecule is CC(C)CN(C(C)c1ccc(-c2cccc(S(C)(=O)=O)c2)cc1)S(=O)(=O)Cc1ccccc1. The summed E-state index contributed by atoms with van der Waals surface area (Å²) in [6.07, 6.45) is 1.19. The Morgan fingerprint density at radius 1 is 0.758 bits per heavy atom. The lowest BCUT2D eigenvalue weighted by Crippen LogP contribution is -2.37. The molecule has 0 fully saturated rings. The molecule has 0 saturated carbocycles. The van der Waals surface area contributed by atoms with Crippen LogP contribution in [0.5, 0.6) is 0 Å². The molecule has 0 spiro atoms. The second-order valence-corrected chi connectivity index (χ2v) is 12.7. The Balaban J connectivity index is 1.89. The van der Waals surface area contributed by atoms with E-state index in [1.54, 1.807) is 22.5 Å². The average molecular weight is 486 g/mol. The van der Waals surface area contributed by atoms with E-state index in [1.165, 1.54) is 6.26 Å². The molecule has 1 unspecified atom stereocenters. The summed E-state index contributed by atoms with van der Waals surface area (Å²) in [5.41, 5.74) is 3.32. The Hall–Kier alpha value is -2.48. The van der Waals surface area contributed by atoms with E-state index in [0.717, 1.165) is 22.3 Å². The van der Waals surface area contributed by atoms with Gasteiger partial charge >= 0.3 is 0 Å². The first-order valence-corrected chi connectivity index (χ1v) is 14.4. The van der Waals surface area contributed by atoms with Crippen LogP contribution in [0.2, 0.25) is 0 Å². The Morgan fingerprint density at radius 3 is 1.97 bits per heavy atom. The van der Waals surface area contributed by atoms with Crippen LogP contribution in [0.15, 0.2) is 83.8 Å². The van der Waals surface area contributed by atoms with Crippen LogP contribution < -0.4 is 0 Å². The van der Waals surface area contributed by atoms with Crippen molar-refractivity contribution in [1.82, 2.24) is 4.31 Å². The van der Waals surface area contributed by atoms with Crippen molar-refractivity contribution < 1.29 is 16.8 Å². The molecule has 3 aromatic rings. The standard InChI is InChI=1S/C26H31NO4S2/c1-20(2)18-27(33(30,31)19-22-9-6-5-7-10-22)21(3)23-13-15-24(16-14-23)25-11-8-12-26(17-25)32(4,28)29/h5-17,20-21H,18-19H2,1-4H3. The summed E-state index contributed by atoms with van der Waals surface area (Å²) in [4.78, 5) is 0.271. The summed E-state index contributed by atoms with van der Waals surface area (Å²) >= 11 is 0. The van der Waals surface area contributed by atoms with Crippen molar-refractivity contribution >= 4 is 19.9 Å². The van der Waals surface area contributed by atoms with Gasteiger partial charge in [0.05, 0.1) is 10.6 Å². The largest absolute Gasteiger partial charge is 0.224 e. The van der Waals surface area contributed by atoms with Crippen molar-refractivity contribution in [3.63, 3.8) is 0 Å². The normalized spacial score (nSPS) is 13.4. The number of hydrogen-bond acceptors (Lipinski definition) is 4. The van der Waals surface area contributed by atoms with Crippen molar-refractivity contribution in [1.29, 1.82) is 0 Å². The van der Waals surface area contributed by atoms with Gasteiger partial charge in [0.2, 0.25) is 10.0 Å². The lowest BCUT2D eigenvalue weighted by atomic mass is 10.0. The van der Waals surface area contributed by atoms with Crippen molar-refractivity contribution in [2.45, 2.75) is 37.5 Å². The molecule has 0 heterocycles. The zero-order valence-electron chi connectivity index (χ0n) is 19.5. The smallest absolute Gasteiger partial charge is 0.218 e. The number of sulfone groups is 1. The Morgan fingerprint density at radius 2 is 1.39 bits per heavy atom. The third-order valence-electron chi connectivity index (χ3n) is 5.51. The first-order valence-electron chi connectivity index (χ1n) is 10.9. The maximum atomic E-state index is 13.3. The summed E-state index contributed by atoms with van der Waals surface area (Å²) in [6.45, 7) is 6.35. The second kappa shape index (κ2) is 10.2. The van der Waals surface area contributed by atoms with E-state index in [0.29, 0.717) is 6.54 Å². The average Bonchev–Trinajstić information content (AvgIpc) is 2.77. The molecule has 0 aliphatic heterocycles. The fourth-order valence-electron chi connectivity index (χ4n) is 3.77. The van der Waals surface area contributed by atoms with E-state index in [1.807, 2.05) is 81.4 Å². The molecule has 0 amide bonds. The molecule has 0 saturated heterocycles. The molecule has 0 bridgehead atoms. The summed E-state index contributed by atoms with van der Waals surface area (Å²) in [6, 6.07) is 23.4. The molecule has 7 heteroatoms. The molecule has 33 heavy (non-hydrogen) atoms. The molecule has 0 aliphatic rings. The van der Waals surface area contributed by atoms with Crippen LogP contribution in [-0.2, 0) is 25.6 Å². The molecular weight excluding hydrogens is 454 g/mol. The number of hydrogen-bond donors (Lipinski definition) is 0. The van der Waals surface area contributed by atoms with E-state index in [-0.39, 0.29) is 22.6 Å². The van der Waals surface area contributed by atoms with Gasteiger partial charge in [0, 0.05) is 18.8 Å². The van der Waals surface area contributed by atoms with Crippen molar-refractivity contribution in [3.05, 3.63) is 90.0 Å². The van der Waals surface area contributed by atoms with Crippen LogP contribution in [0, 0.1) is 5.92 Å². The van der Waals surface area contributed by atoms with Crippen LogP contribution in [0.3, 0.4) is 0 Å². The fourth-order valence-corrected chi connectivity index (χ4v) is 6.34. The molecular formula is C26H31NO4S2. The minimum absolute atomic E-state index is 0.0404. The van der Waals surface area contributed by atoms with Gasteiger partial charge in [0.1, 0.15) is 0 Å². The van der Waals surface area contributed by atoms with E-state index in [9.17, 15) is 16.8 Å². The molecule has 3 aromatic carbocycles. The number of nitrogens with zero attached hydrogens (tertiary/aromatic N) is 1. The molecule has 0 radical (unpaired) electrons. The summed E-state index contributed by atoms with van der Waals surface area (Å²) < 4.78 is 52.0. The molecule has 1 atom stereocenters. The minimum Gasteiger partial charge on any atom is -0.224 e. The van der Waals surface area contributed by atoms with Crippen LogP contribution in [0.4, 0.5) is 0 Å². The third-order valence-corrected chi connectivity index (χ3v) is 8.50. The number of sulfonamides is 1. The second-order valence-electron chi connectivity index (χ2n) is 8.80. The molecule has 3 rings (SSSR count). The summed E-state index contributed by atoms with van der Waals surface area (Å²) in [7, 11) is -6.83. The van der Waals surface area contributed by atoms with Gasteiger partial charge in [-0.2, -0.15) is 4.31 Å². The van der Waals surface area contributed by atoms with Crippen molar-refractivity contribution in [3.8, 4) is 11.1 Å². The van der Waals surface area contributed by atoms with Gasteiger partial charge in [-0.25, -0.2) is 16.8 Å². The lowest BCUT2D eigenvalue weighted by Gasteiger charge is -2.30. The lowest BCUT2D eigenvalue weighted by molar-refractivity contribution is 0.308. The van der Waals surface area contributed by atoms with E-state index >= 15 is 0 Å². The first kappa shape index (κ1) is 25.1. The molecule has 176 valence electrons. The van der Waals surface area contributed by atoms with E-state index < -0.39 is 19.9 Å². The highest BCUT2D eigenvalue weighted by Crippen LogP contribution is 2.29. The monoisotopic (exact) mass is 485 g/mol. The molecule has 0 aromatic heterocycles. The van der Waals surface area contributed by atoms with Crippen molar-refractivity contribution in [2.24, 2.45) is 5.92 Å². The van der Waals surface area contributed by atoms with Crippen LogP contribution >= 0.6 is 0 Å². The zero-order chi connectivity index (χ0) is 24.2. The Kier molecular flexibility index (Phi) is 7.77. The molecule has 5 nitrogen and oxygen atoms in total. The third kappa shape index (κ3) is 6.53. The molecule has 0 N–H and O–H groups in total. The van der Waals surface area contributed by atoms with Crippen LogP contribution in [0.1, 0.15) is 37.9 Å². The zero-order valence-corrected chi connectivity index (χ0v) is 21.1. The summed E-state index contributed by atoms with van der Waals surface area (Å²) in [5, 5.41) is 0. The minimum atomic E-state index is -3.54. The number of rotatable bonds is 9. The van der Waals surface area contributed by atoms with Crippen LogP contribution in [-0.4, -0.2) is 33.9 Å². The number of benzene rings is 3. The van der Waals surface area contributed by atoms with Gasteiger partial charge in [-0.15, -0.1) is 0 Å². The van der Waals surface area contributed by atoms with E-state index in [2.05, 4.69) is 0 Å². The van der Waals surface area contributed by atoms with Gasteiger partial charge in [0.15, 0.2) is 9.84 Å². The maximum absolute atomic E-state index is 13.3. The predicted octanol–water partition coefficient (Wildman–Crippen LogP) is 5.31. The Bertz CT molecular complexity index is 1280. The summed E-state index contributed by atoms with van der Waals surface area (Å²) in [5.74, 6) is 0.136. The predicted molar refractivity (Wildman–Crippen MR) is 134 cm³/mol. The van der Waals surface area contributed by atoms with Gasteiger partial charge in [-0.1, -0.05) is 80.6 Å². The molecule has 0 aliphatic carbocycles. The van der Waals surface area contributed by atoms with Gasteiger partial charge in [0.25, 0.3) is 0 Å². The van der Waals surface area contributed by atoms with Crippen molar-refractivity contribution in [2.75, 3.05) is 12.8 Å². The Labute approximate surface area is 198 Å². The van der Waals surface area contributed by atoms with E-state index in [4.69, 9.17) is 0 Å². The van der Waals surface area contributed by atoms with Crippen LogP contribution in [0.25, 0.3) is 11.1 Å². The maximum Gasteiger partial charge on any atom is 0.218 e. The van der Waals surface area contributed by atoms with Gasteiger partial charge in [-0.05, 0) is 47.2 Å². The topological polar surface area (TPSA) is 71.5 Å². The highest BCUT2D eigenvalue weighted by atomic mass is 32.2. The first-order chi connectivity index (χ1) is 15.5. The van der Waals surface area contributed by atoms with Gasteiger partial charge in [-0.3, -0.25) is 0 Å². The quantitative estimate of drug-likeness (QED) is 0.412.